The van der Waals surface area contributed by atoms with Gasteiger partial charge >= 0.3 is 0 Å². The van der Waals surface area contributed by atoms with E-state index in [1.165, 1.54) is 0 Å². The van der Waals surface area contributed by atoms with Crippen LogP contribution in [0.4, 0.5) is 0 Å². The maximum Gasteiger partial charge on any atom is 0.289 e. The molecule has 0 radical (unpaired) electrons. The zero-order valence-corrected chi connectivity index (χ0v) is 13.5. The van der Waals surface area contributed by atoms with Gasteiger partial charge in [0.1, 0.15) is 5.76 Å². The Bertz CT molecular complexity index is 546. The van der Waals surface area contributed by atoms with Crippen LogP contribution < -0.4 is 5.32 Å². The first kappa shape index (κ1) is 16.8. The summed E-state index contributed by atoms with van der Waals surface area (Å²) in [6.07, 6.45) is 1.89. The van der Waals surface area contributed by atoms with E-state index in [4.69, 9.17) is 4.42 Å². The predicted molar refractivity (Wildman–Crippen MR) is 84.2 cm³/mol. The van der Waals surface area contributed by atoms with E-state index in [0.29, 0.717) is 18.8 Å². The minimum absolute atomic E-state index is 0. The molecule has 0 saturated carbocycles. The Kier molecular flexibility index (Phi) is 5.47. The van der Waals surface area contributed by atoms with Crippen molar-refractivity contribution >= 4 is 24.2 Å². The first-order chi connectivity index (χ1) is 10.1. The second-order valence-electron chi connectivity index (χ2n) is 5.72. The average Bonchev–Trinajstić information content (AvgIpc) is 2.94. The third-order valence-corrected chi connectivity index (χ3v) is 4.20. The fraction of sp³-hybridized carbons (Fsp3) is 0.600. The van der Waals surface area contributed by atoms with Crippen molar-refractivity contribution in [3.8, 4) is 0 Å². The molecule has 1 unspecified atom stereocenters. The standard InChI is InChI=1S/C15H21N3O3.ClH/c1-11-4-5-13(21-11)15(20)17-7-2-3-12(10-17)18-8-6-16-9-14(18)19;/h4-5,12,16H,2-3,6-10H2,1H3;1H. The molecule has 6 nitrogen and oxygen atoms in total. The molecule has 2 amide bonds. The second kappa shape index (κ2) is 7.15. The number of aryl methyl sites for hydroxylation is 1. The van der Waals surface area contributed by atoms with E-state index in [0.717, 1.165) is 38.2 Å². The van der Waals surface area contributed by atoms with Crippen LogP contribution >= 0.6 is 12.4 Å². The number of hydrogen-bond acceptors (Lipinski definition) is 4. The molecule has 1 aromatic rings. The number of likely N-dealkylation sites (tertiary alicyclic amines) is 1. The van der Waals surface area contributed by atoms with Crippen LogP contribution in [0.5, 0.6) is 0 Å². The quantitative estimate of drug-likeness (QED) is 0.881. The Hall–Kier alpha value is -1.53. The number of halogens is 1. The van der Waals surface area contributed by atoms with Gasteiger partial charge in [-0.05, 0) is 31.9 Å². The summed E-state index contributed by atoms with van der Waals surface area (Å²) in [4.78, 5) is 28.2. The molecule has 2 aliphatic rings. The minimum atomic E-state index is -0.0737. The maximum atomic E-state index is 12.4. The van der Waals surface area contributed by atoms with E-state index in [1.807, 2.05) is 16.7 Å². The van der Waals surface area contributed by atoms with Gasteiger partial charge in [0.2, 0.25) is 5.91 Å². The smallest absolute Gasteiger partial charge is 0.289 e. The van der Waals surface area contributed by atoms with Crippen molar-refractivity contribution in [2.45, 2.75) is 25.8 Å². The minimum Gasteiger partial charge on any atom is -0.456 e. The molecule has 1 N–H and O–H groups in total. The van der Waals surface area contributed by atoms with E-state index in [1.54, 1.807) is 12.1 Å². The van der Waals surface area contributed by atoms with Crippen molar-refractivity contribution in [2.75, 3.05) is 32.7 Å². The molecule has 3 heterocycles. The molecule has 3 rings (SSSR count). The topological polar surface area (TPSA) is 65.8 Å². The molecule has 7 heteroatoms. The lowest BCUT2D eigenvalue weighted by Crippen LogP contribution is -2.57. The van der Waals surface area contributed by atoms with E-state index in [-0.39, 0.29) is 30.3 Å². The number of furan rings is 1. The van der Waals surface area contributed by atoms with E-state index in [2.05, 4.69) is 5.32 Å². The Morgan fingerprint density at radius 2 is 2.18 bits per heavy atom. The predicted octanol–water partition coefficient (Wildman–Crippen LogP) is 1.05. The Morgan fingerprint density at radius 3 is 2.86 bits per heavy atom. The normalized spacial score (nSPS) is 22.4. The highest BCUT2D eigenvalue weighted by Gasteiger charge is 2.32. The molecule has 122 valence electrons. The summed E-state index contributed by atoms with van der Waals surface area (Å²) in [5.74, 6) is 1.19. The van der Waals surface area contributed by atoms with Crippen molar-refractivity contribution in [3.63, 3.8) is 0 Å². The molecule has 2 saturated heterocycles. The van der Waals surface area contributed by atoms with Gasteiger partial charge < -0.3 is 19.5 Å². The highest BCUT2D eigenvalue weighted by atomic mass is 35.5. The van der Waals surface area contributed by atoms with Gasteiger partial charge in [0.15, 0.2) is 5.76 Å². The molecule has 0 bridgehead atoms. The van der Waals surface area contributed by atoms with Gasteiger partial charge in [-0.1, -0.05) is 0 Å². The summed E-state index contributed by atoms with van der Waals surface area (Å²) in [7, 11) is 0. The summed E-state index contributed by atoms with van der Waals surface area (Å²) in [6, 6.07) is 3.65. The summed E-state index contributed by atoms with van der Waals surface area (Å²) in [6.45, 7) is 5.12. The van der Waals surface area contributed by atoms with Crippen molar-refractivity contribution in [3.05, 3.63) is 23.7 Å². The number of nitrogens with zero attached hydrogens (tertiary/aromatic N) is 2. The molecule has 2 aliphatic heterocycles. The largest absolute Gasteiger partial charge is 0.456 e. The van der Waals surface area contributed by atoms with Crippen molar-refractivity contribution < 1.29 is 14.0 Å². The third-order valence-electron chi connectivity index (χ3n) is 4.20. The first-order valence-electron chi connectivity index (χ1n) is 7.51. The number of carbonyl (C=O) groups excluding carboxylic acids is 2. The third kappa shape index (κ3) is 3.44. The number of piperazine rings is 1. The number of amides is 2. The summed E-state index contributed by atoms with van der Waals surface area (Å²) < 4.78 is 5.42. The van der Waals surface area contributed by atoms with Gasteiger partial charge in [-0.3, -0.25) is 9.59 Å². The molecule has 0 spiro atoms. The van der Waals surface area contributed by atoms with Gasteiger partial charge in [-0.2, -0.15) is 0 Å². The molecule has 0 aliphatic carbocycles. The second-order valence-corrected chi connectivity index (χ2v) is 5.72. The van der Waals surface area contributed by atoms with Gasteiger partial charge in [0.25, 0.3) is 5.91 Å². The van der Waals surface area contributed by atoms with Crippen molar-refractivity contribution in [1.29, 1.82) is 0 Å². The van der Waals surface area contributed by atoms with E-state index >= 15 is 0 Å². The Balaban J connectivity index is 0.00000176. The maximum absolute atomic E-state index is 12.4. The zero-order valence-electron chi connectivity index (χ0n) is 12.7. The van der Waals surface area contributed by atoms with Gasteiger partial charge in [-0.25, -0.2) is 0 Å². The van der Waals surface area contributed by atoms with Crippen LogP contribution in [0, 0.1) is 6.92 Å². The molecular weight excluding hydrogens is 306 g/mol. The van der Waals surface area contributed by atoms with Crippen molar-refractivity contribution in [2.24, 2.45) is 0 Å². The Labute approximate surface area is 136 Å². The lowest BCUT2D eigenvalue weighted by atomic mass is 10.0. The number of rotatable bonds is 2. The molecule has 22 heavy (non-hydrogen) atoms. The lowest BCUT2D eigenvalue weighted by Gasteiger charge is -2.40. The fourth-order valence-electron chi connectivity index (χ4n) is 3.11. The number of nitrogens with one attached hydrogen (secondary N) is 1. The van der Waals surface area contributed by atoms with Crippen LogP contribution in [0.3, 0.4) is 0 Å². The molecule has 2 fully saturated rings. The van der Waals surface area contributed by atoms with Gasteiger partial charge in [-0.15, -0.1) is 12.4 Å². The van der Waals surface area contributed by atoms with E-state index in [9.17, 15) is 9.59 Å². The Morgan fingerprint density at radius 1 is 1.36 bits per heavy atom. The van der Waals surface area contributed by atoms with Crippen molar-refractivity contribution in [1.82, 2.24) is 15.1 Å². The van der Waals surface area contributed by atoms with Crippen LogP contribution in [0.1, 0.15) is 29.2 Å². The molecule has 0 aromatic carbocycles. The van der Waals surface area contributed by atoms with Gasteiger partial charge in [0, 0.05) is 32.2 Å². The summed E-state index contributed by atoms with van der Waals surface area (Å²) in [5, 5.41) is 3.08. The lowest BCUT2D eigenvalue weighted by molar-refractivity contribution is -0.135. The SMILES string of the molecule is Cc1ccc(C(=O)N2CCCC(N3CCNCC3=O)C2)o1.Cl. The van der Waals surface area contributed by atoms with Crippen LogP contribution in [0.2, 0.25) is 0 Å². The first-order valence-corrected chi connectivity index (χ1v) is 7.51. The molecule has 1 aromatic heterocycles. The highest BCUT2D eigenvalue weighted by molar-refractivity contribution is 5.91. The average molecular weight is 328 g/mol. The highest BCUT2D eigenvalue weighted by Crippen LogP contribution is 2.19. The summed E-state index contributed by atoms with van der Waals surface area (Å²) >= 11 is 0. The number of hydrogen-bond donors (Lipinski definition) is 1. The summed E-state index contributed by atoms with van der Waals surface area (Å²) in [5.41, 5.74) is 0. The molecule has 1 atom stereocenters. The number of carbonyl (C=O) groups is 2. The monoisotopic (exact) mass is 327 g/mol. The zero-order chi connectivity index (χ0) is 14.8. The van der Waals surface area contributed by atoms with Crippen LogP contribution in [0.15, 0.2) is 16.5 Å². The number of piperidine rings is 1. The van der Waals surface area contributed by atoms with E-state index < -0.39 is 0 Å². The van der Waals surface area contributed by atoms with Crippen LogP contribution in [-0.4, -0.2) is 60.4 Å². The fourth-order valence-corrected chi connectivity index (χ4v) is 3.11. The van der Waals surface area contributed by atoms with Crippen LogP contribution in [-0.2, 0) is 4.79 Å². The molecular formula is C15H22ClN3O3. The van der Waals surface area contributed by atoms with Crippen LogP contribution in [0.25, 0.3) is 0 Å². The van der Waals surface area contributed by atoms with Gasteiger partial charge in [0.05, 0.1) is 6.54 Å².